The summed E-state index contributed by atoms with van der Waals surface area (Å²) in [5.74, 6) is 0.0387. The molecule has 3 nitrogen and oxygen atoms in total. The topological polar surface area (TPSA) is 41.1 Å². The average molecular weight is 184 g/mol. The van der Waals surface area contributed by atoms with Crippen LogP contribution < -0.4 is 10.6 Å². The van der Waals surface area contributed by atoms with Gasteiger partial charge in [-0.25, -0.2) is 0 Å². The van der Waals surface area contributed by atoms with Gasteiger partial charge in [-0.2, -0.15) is 0 Å². The molecule has 0 fully saturated rings. The molecule has 0 aromatic heterocycles. The minimum atomic E-state index is 0.0387. The number of hydrogen-bond donors (Lipinski definition) is 2. The Morgan fingerprint density at radius 2 is 2.08 bits per heavy atom. The summed E-state index contributed by atoms with van der Waals surface area (Å²) in [5, 5.41) is 5.79. The molecule has 0 unspecified atom stereocenters. The van der Waals surface area contributed by atoms with E-state index in [1.54, 1.807) is 6.08 Å². The van der Waals surface area contributed by atoms with Gasteiger partial charge >= 0.3 is 0 Å². The average Bonchev–Trinajstić information content (AvgIpc) is 2.00. The molecule has 76 valence electrons. The van der Waals surface area contributed by atoms with Gasteiger partial charge in [0.05, 0.1) is 6.54 Å². The Morgan fingerprint density at radius 3 is 2.54 bits per heavy atom. The largest absolute Gasteiger partial charge is 0.354 e. The molecule has 1 amide bonds. The number of nitrogens with one attached hydrogen (secondary N) is 2. The summed E-state index contributed by atoms with van der Waals surface area (Å²) in [6.07, 6.45) is 1.73. The lowest BCUT2D eigenvalue weighted by Gasteiger charge is -2.18. The van der Waals surface area contributed by atoms with Crippen molar-refractivity contribution >= 4 is 5.91 Å². The van der Waals surface area contributed by atoms with E-state index in [1.807, 2.05) is 0 Å². The van der Waals surface area contributed by atoms with Crippen molar-refractivity contribution in [1.29, 1.82) is 0 Å². The molecule has 3 heteroatoms. The van der Waals surface area contributed by atoms with Crippen molar-refractivity contribution in [3.8, 4) is 0 Å². The molecule has 0 spiro atoms. The van der Waals surface area contributed by atoms with Crippen molar-refractivity contribution in [2.75, 3.05) is 19.6 Å². The van der Waals surface area contributed by atoms with Crippen molar-refractivity contribution in [1.82, 2.24) is 10.6 Å². The molecule has 0 aliphatic carbocycles. The minimum Gasteiger partial charge on any atom is -0.354 e. The van der Waals surface area contributed by atoms with E-state index in [-0.39, 0.29) is 11.3 Å². The van der Waals surface area contributed by atoms with Crippen molar-refractivity contribution < 1.29 is 4.79 Å². The predicted octanol–water partition coefficient (Wildman–Crippen LogP) is 0.924. The van der Waals surface area contributed by atoms with E-state index in [2.05, 4.69) is 38.0 Å². The van der Waals surface area contributed by atoms with E-state index in [1.165, 1.54) is 0 Å². The fraction of sp³-hybridized carbons (Fsp3) is 0.700. The Kier molecular flexibility index (Phi) is 5.39. The van der Waals surface area contributed by atoms with Crippen LogP contribution in [0.15, 0.2) is 12.7 Å². The zero-order valence-corrected chi connectivity index (χ0v) is 8.81. The standard InChI is InChI=1S/C10H20N2O/c1-5-6-11-7-9(13)12-8-10(2,3)4/h5,11H,1,6-8H2,2-4H3,(H,12,13). The van der Waals surface area contributed by atoms with E-state index in [0.717, 1.165) is 0 Å². The highest BCUT2D eigenvalue weighted by Gasteiger charge is 2.10. The summed E-state index contributed by atoms with van der Waals surface area (Å²) >= 11 is 0. The highest BCUT2D eigenvalue weighted by Crippen LogP contribution is 2.09. The molecule has 0 aromatic carbocycles. The van der Waals surface area contributed by atoms with E-state index in [4.69, 9.17) is 0 Å². The first kappa shape index (κ1) is 12.2. The molecule has 13 heavy (non-hydrogen) atoms. The minimum absolute atomic E-state index is 0.0387. The number of carbonyl (C=O) groups is 1. The van der Waals surface area contributed by atoms with Crippen LogP contribution in [0.2, 0.25) is 0 Å². The summed E-state index contributed by atoms with van der Waals surface area (Å²) in [5.41, 5.74) is 0.147. The summed E-state index contributed by atoms with van der Waals surface area (Å²) in [4.78, 5) is 11.2. The van der Waals surface area contributed by atoms with Gasteiger partial charge in [-0.3, -0.25) is 4.79 Å². The first-order valence-corrected chi connectivity index (χ1v) is 4.54. The van der Waals surface area contributed by atoms with Crippen molar-refractivity contribution in [2.24, 2.45) is 5.41 Å². The molecular weight excluding hydrogens is 164 g/mol. The lowest BCUT2D eigenvalue weighted by Crippen LogP contribution is -2.38. The molecule has 2 N–H and O–H groups in total. The van der Waals surface area contributed by atoms with E-state index in [9.17, 15) is 4.79 Å². The Hall–Kier alpha value is -0.830. The van der Waals surface area contributed by atoms with Crippen molar-refractivity contribution in [3.05, 3.63) is 12.7 Å². The molecule has 0 aliphatic rings. The SMILES string of the molecule is C=CCNCC(=O)NCC(C)(C)C. The van der Waals surface area contributed by atoms with Crippen molar-refractivity contribution in [3.63, 3.8) is 0 Å². The number of rotatable bonds is 5. The summed E-state index contributed by atoms with van der Waals surface area (Å²) in [7, 11) is 0. The Bertz CT molecular complexity index is 170. The predicted molar refractivity (Wildman–Crippen MR) is 55.5 cm³/mol. The van der Waals surface area contributed by atoms with Gasteiger partial charge in [0.2, 0.25) is 5.91 Å². The second-order valence-electron chi connectivity index (χ2n) is 4.26. The molecule has 0 radical (unpaired) electrons. The second-order valence-corrected chi connectivity index (χ2v) is 4.26. The maximum atomic E-state index is 11.2. The van der Waals surface area contributed by atoms with Crippen LogP contribution in [0, 0.1) is 5.41 Å². The van der Waals surface area contributed by atoms with Gasteiger partial charge in [-0.15, -0.1) is 6.58 Å². The van der Waals surface area contributed by atoms with Crippen LogP contribution in [0.1, 0.15) is 20.8 Å². The van der Waals surface area contributed by atoms with Crippen LogP contribution in [0.4, 0.5) is 0 Å². The summed E-state index contributed by atoms with van der Waals surface area (Å²) in [6.45, 7) is 11.6. The molecule has 0 saturated carbocycles. The monoisotopic (exact) mass is 184 g/mol. The third-order valence-corrected chi connectivity index (χ3v) is 1.39. The lowest BCUT2D eigenvalue weighted by molar-refractivity contribution is -0.120. The smallest absolute Gasteiger partial charge is 0.233 e. The molecule has 0 aromatic rings. The summed E-state index contributed by atoms with van der Waals surface area (Å²) < 4.78 is 0. The summed E-state index contributed by atoms with van der Waals surface area (Å²) in [6, 6.07) is 0. The van der Waals surface area contributed by atoms with Crippen LogP contribution >= 0.6 is 0 Å². The van der Waals surface area contributed by atoms with Gasteiger partial charge in [0.1, 0.15) is 0 Å². The zero-order valence-electron chi connectivity index (χ0n) is 8.81. The van der Waals surface area contributed by atoms with E-state index in [0.29, 0.717) is 19.6 Å². The Labute approximate surface area is 80.6 Å². The highest BCUT2D eigenvalue weighted by molar-refractivity contribution is 5.78. The van der Waals surface area contributed by atoms with Crippen LogP contribution in [0.5, 0.6) is 0 Å². The van der Waals surface area contributed by atoms with Crippen LogP contribution in [0.3, 0.4) is 0 Å². The molecule has 0 saturated heterocycles. The van der Waals surface area contributed by atoms with Gasteiger partial charge in [0, 0.05) is 13.1 Å². The van der Waals surface area contributed by atoms with Crippen LogP contribution in [0.25, 0.3) is 0 Å². The molecule has 0 aliphatic heterocycles. The van der Waals surface area contributed by atoms with Gasteiger partial charge in [0.15, 0.2) is 0 Å². The zero-order chi connectivity index (χ0) is 10.3. The first-order chi connectivity index (χ1) is 5.95. The molecular formula is C10H20N2O. The van der Waals surface area contributed by atoms with Gasteiger partial charge in [-0.1, -0.05) is 26.8 Å². The first-order valence-electron chi connectivity index (χ1n) is 4.54. The highest BCUT2D eigenvalue weighted by atomic mass is 16.1. The normalized spacial score (nSPS) is 11.0. The van der Waals surface area contributed by atoms with Gasteiger partial charge in [0.25, 0.3) is 0 Å². The molecule has 0 bridgehead atoms. The number of carbonyl (C=O) groups excluding carboxylic acids is 1. The maximum absolute atomic E-state index is 11.2. The molecule has 0 heterocycles. The van der Waals surface area contributed by atoms with Crippen molar-refractivity contribution in [2.45, 2.75) is 20.8 Å². The van der Waals surface area contributed by atoms with E-state index >= 15 is 0 Å². The maximum Gasteiger partial charge on any atom is 0.233 e. The second kappa shape index (κ2) is 5.75. The third-order valence-electron chi connectivity index (χ3n) is 1.39. The fourth-order valence-electron chi connectivity index (χ4n) is 0.714. The quantitative estimate of drug-likeness (QED) is 0.493. The molecule has 0 atom stereocenters. The Morgan fingerprint density at radius 1 is 1.46 bits per heavy atom. The van der Waals surface area contributed by atoms with Gasteiger partial charge < -0.3 is 10.6 Å². The van der Waals surface area contributed by atoms with Gasteiger partial charge in [-0.05, 0) is 5.41 Å². The lowest BCUT2D eigenvalue weighted by atomic mass is 9.97. The fourth-order valence-corrected chi connectivity index (χ4v) is 0.714. The van der Waals surface area contributed by atoms with Crippen LogP contribution in [-0.4, -0.2) is 25.5 Å². The van der Waals surface area contributed by atoms with Crippen LogP contribution in [-0.2, 0) is 4.79 Å². The number of amides is 1. The number of hydrogen-bond acceptors (Lipinski definition) is 2. The third kappa shape index (κ3) is 9.08. The Balaban J connectivity index is 3.46. The van der Waals surface area contributed by atoms with E-state index < -0.39 is 0 Å². The molecule has 0 rings (SSSR count).